The van der Waals surface area contributed by atoms with Crippen molar-refractivity contribution in [1.82, 2.24) is 0 Å². The maximum atomic E-state index is 14.0. The number of aliphatic carboxylic acids is 2. The lowest BCUT2D eigenvalue weighted by molar-refractivity contribution is -0.143. The van der Waals surface area contributed by atoms with Gasteiger partial charge in [0.15, 0.2) is 18.1 Å². The van der Waals surface area contributed by atoms with Crippen LogP contribution in [0.15, 0.2) is 72.8 Å². The molecule has 48 heavy (non-hydrogen) atoms. The monoisotopic (exact) mass is 656 g/mol. The van der Waals surface area contributed by atoms with Crippen LogP contribution in [0.3, 0.4) is 0 Å². The Bertz CT molecular complexity index is 1830. The Hall–Kier alpha value is -5.58. The molecule has 0 saturated carbocycles. The standard InChI is InChI=1S/C37H36O11/c1-5-12-45-24-8-10-29-28(17-24)34(27-9-7-23(42-2)18-31(27)46-19-33(38)39)35(36(40)41)37(29,21-6-11-30-32(15-21)48-20-47-30)22-13-25(43-3)16-26(14-22)44-4/h6-11,13-18,34-35H,5,12,19-20H2,1-4H3,(H,38,39)(H,40,41). The van der Waals surface area contributed by atoms with Gasteiger partial charge in [-0.1, -0.05) is 25.1 Å². The Morgan fingerprint density at radius 1 is 0.750 bits per heavy atom. The van der Waals surface area contributed by atoms with Gasteiger partial charge in [0.1, 0.15) is 28.7 Å². The Morgan fingerprint density at radius 2 is 1.46 bits per heavy atom. The van der Waals surface area contributed by atoms with Crippen molar-refractivity contribution in [3.8, 4) is 40.2 Å². The number of carboxylic acid groups (broad SMARTS) is 2. The second kappa shape index (κ2) is 13.3. The van der Waals surface area contributed by atoms with E-state index in [0.29, 0.717) is 68.9 Å². The molecule has 0 radical (unpaired) electrons. The van der Waals surface area contributed by atoms with Gasteiger partial charge in [-0.2, -0.15) is 0 Å². The van der Waals surface area contributed by atoms with Crippen molar-refractivity contribution < 1.29 is 53.0 Å². The minimum absolute atomic E-state index is 0.0363. The summed E-state index contributed by atoms with van der Waals surface area (Å²) >= 11 is 0. The van der Waals surface area contributed by atoms with E-state index in [1.807, 2.05) is 49.4 Å². The first-order valence-corrected chi connectivity index (χ1v) is 15.4. The molecule has 1 aliphatic heterocycles. The summed E-state index contributed by atoms with van der Waals surface area (Å²) in [7, 11) is 4.55. The molecule has 0 fully saturated rings. The van der Waals surface area contributed by atoms with Crippen molar-refractivity contribution in [2.24, 2.45) is 5.92 Å². The van der Waals surface area contributed by atoms with Crippen molar-refractivity contribution in [2.45, 2.75) is 24.7 Å². The van der Waals surface area contributed by atoms with E-state index in [2.05, 4.69) is 0 Å². The number of hydrogen-bond donors (Lipinski definition) is 2. The summed E-state index contributed by atoms with van der Waals surface area (Å²) in [5, 5.41) is 21.0. The second-order valence-corrected chi connectivity index (χ2v) is 11.5. The smallest absolute Gasteiger partial charge is 0.341 e. The lowest BCUT2D eigenvalue weighted by Gasteiger charge is -2.38. The van der Waals surface area contributed by atoms with E-state index in [0.717, 1.165) is 6.42 Å². The van der Waals surface area contributed by atoms with Gasteiger partial charge in [0.05, 0.1) is 39.3 Å². The quantitative estimate of drug-likeness (QED) is 0.179. The zero-order valence-corrected chi connectivity index (χ0v) is 27.0. The van der Waals surface area contributed by atoms with Crippen LogP contribution in [0.5, 0.6) is 40.2 Å². The van der Waals surface area contributed by atoms with Crippen molar-refractivity contribution in [1.29, 1.82) is 0 Å². The molecule has 0 aromatic heterocycles. The molecule has 6 rings (SSSR count). The lowest BCUT2D eigenvalue weighted by Crippen LogP contribution is -2.40. The van der Waals surface area contributed by atoms with Gasteiger partial charge >= 0.3 is 11.9 Å². The third-order valence-corrected chi connectivity index (χ3v) is 8.86. The van der Waals surface area contributed by atoms with Gasteiger partial charge in [0, 0.05) is 23.6 Å². The number of carboxylic acids is 2. The predicted molar refractivity (Wildman–Crippen MR) is 173 cm³/mol. The first kappa shape index (κ1) is 32.4. The third kappa shape index (κ3) is 5.55. The largest absolute Gasteiger partial charge is 0.497 e. The van der Waals surface area contributed by atoms with E-state index < -0.39 is 35.8 Å². The minimum Gasteiger partial charge on any atom is -0.497 e. The van der Waals surface area contributed by atoms with E-state index in [1.54, 1.807) is 30.3 Å². The van der Waals surface area contributed by atoms with E-state index in [-0.39, 0.29) is 12.5 Å². The van der Waals surface area contributed by atoms with Crippen LogP contribution < -0.4 is 33.2 Å². The SMILES string of the molecule is CCCOc1ccc2c(c1)C(c1ccc(OC)cc1OCC(=O)O)C(C(=O)O)C2(c1cc(OC)cc(OC)c1)c1ccc2c(c1)OCO2. The highest BCUT2D eigenvalue weighted by atomic mass is 16.7. The van der Waals surface area contributed by atoms with Crippen molar-refractivity contribution >= 4 is 11.9 Å². The molecule has 4 aromatic rings. The van der Waals surface area contributed by atoms with E-state index in [4.69, 9.17) is 33.2 Å². The number of rotatable bonds is 13. The minimum atomic E-state index is -1.37. The van der Waals surface area contributed by atoms with E-state index >= 15 is 0 Å². The van der Waals surface area contributed by atoms with Crippen LogP contribution in [0.2, 0.25) is 0 Å². The molecular formula is C37H36O11. The normalized spacial score (nSPS) is 18.9. The van der Waals surface area contributed by atoms with Gasteiger partial charge < -0.3 is 43.4 Å². The van der Waals surface area contributed by atoms with Gasteiger partial charge in [0.2, 0.25) is 6.79 Å². The molecule has 11 heteroatoms. The molecule has 0 saturated heterocycles. The van der Waals surface area contributed by atoms with E-state index in [9.17, 15) is 19.8 Å². The van der Waals surface area contributed by atoms with Gasteiger partial charge in [-0.25, -0.2) is 4.79 Å². The third-order valence-electron chi connectivity index (χ3n) is 8.86. The van der Waals surface area contributed by atoms with Crippen LogP contribution in [0, 0.1) is 5.92 Å². The van der Waals surface area contributed by atoms with Crippen LogP contribution >= 0.6 is 0 Å². The summed E-state index contributed by atoms with van der Waals surface area (Å²) in [5.41, 5.74) is 1.68. The zero-order chi connectivity index (χ0) is 34.0. The number of ether oxygens (including phenoxy) is 7. The summed E-state index contributed by atoms with van der Waals surface area (Å²) in [4.78, 5) is 25.7. The number of benzene rings is 4. The van der Waals surface area contributed by atoms with Crippen molar-refractivity contribution in [3.05, 3.63) is 101 Å². The molecule has 1 heterocycles. The van der Waals surface area contributed by atoms with Crippen LogP contribution in [-0.4, -0.2) is 63.5 Å². The Labute approximate surface area is 277 Å². The highest BCUT2D eigenvalue weighted by Gasteiger charge is 2.59. The fraction of sp³-hybridized carbons (Fsp3) is 0.297. The Morgan fingerprint density at radius 3 is 2.12 bits per heavy atom. The first-order valence-electron chi connectivity index (χ1n) is 15.4. The predicted octanol–water partition coefficient (Wildman–Crippen LogP) is 5.87. The number of fused-ring (bicyclic) bond motifs is 2. The zero-order valence-electron chi connectivity index (χ0n) is 27.0. The number of hydrogen-bond acceptors (Lipinski definition) is 9. The molecule has 3 atom stereocenters. The summed E-state index contributed by atoms with van der Waals surface area (Å²) in [6.45, 7) is 1.86. The topological polar surface area (TPSA) is 139 Å². The van der Waals surface area contributed by atoms with Crippen LogP contribution in [0.25, 0.3) is 0 Å². The maximum Gasteiger partial charge on any atom is 0.341 e. The lowest BCUT2D eigenvalue weighted by atomic mass is 9.63. The fourth-order valence-electron chi connectivity index (χ4n) is 6.92. The highest BCUT2D eigenvalue weighted by molar-refractivity contribution is 5.83. The highest BCUT2D eigenvalue weighted by Crippen LogP contribution is 2.62. The molecule has 3 unspecified atom stereocenters. The molecule has 1 aliphatic carbocycles. The summed E-state index contributed by atoms with van der Waals surface area (Å²) in [6, 6.07) is 21.4. The van der Waals surface area contributed by atoms with Crippen LogP contribution in [-0.2, 0) is 15.0 Å². The van der Waals surface area contributed by atoms with Gasteiger partial charge in [-0.15, -0.1) is 0 Å². The average Bonchev–Trinajstić information content (AvgIpc) is 3.70. The van der Waals surface area contributed by atoms with Crippen LogP contribution in [0.4, 0.5) is 0 Å². The Balaban J connectivity index is 1.73. The van der Waals surface area contributed by atoms with E-state index in [1.165, 1.54) is 21.3 Å². The average molecular weight is 657 g/mol. The molecule has 4 aromatic carbocycles. The molecule has 0 spiro atoms. The molecular weight excluding hydrogens is 620 g/mol. The molecule has 250 valence electrons. The molecule has 11 nitrogen and oxygen atoms in total. The summed E-state index contributed by atoms with van der Waals surface area (Å²) in [5.74, 6) is -1.23. The first-order chi connectivity index (χ1) is 23.2. The van der Waals surface area contributed by atoms with Crippen molar-refractivity contribution in [3.63, 3.8) is 0 Å². The van der Waals surface area contributed by atoms with Crippen LogP contribution in [0.1, 0.15) is 47.1 Å². The molecule has 0 bridgehead atoms. The summed E-state index contributed by atoms with van der Waals surface area (Å²) < 4.78 is 40.1. The Kier molecular flexibility index (Phi) is 8.95. The maximum absolute atomic E-state index is 14.0. The summed E-state index contributed by atoms with van der Waals surface area (Å²) in [6.07, 6.45) is 0.772. The number of methoxy groups -OCH3 is 3. The second-order valence-electron chi connectivity index (χ2n) is 11.5. The molecule has 0 amide bonds. The van der Waals surface area contributed by atoms with Gasteiger partial charge in [-0.3, -0.25) is 4.79 Å². The fourth-order valence-corrected chi connectivity index (χ4v) is 6.92. The molecule has 2 N–H and O–H groups in total. The van der Waals surface area contributed by atoms with Crippen molar-refractivity contribution in [2.75, 3.05) is 41.3 Å². The van der Waals surface area contributed by atoms with Gasteiger partial charge in [0.25, 0.3) is 0 Å². The number of carbonyl (C=O) groups is 2. The molecule has 2 aliphatic rings. The van der Waals surface area contributed by atoms with Gasteiger partial charge in [-0.05, 0) is 71.1 Å².